The van der Waals surface area contributed by atoms with Crippen LogP contribution in [0.5, 0.6) is 0 Å². The molecule has 30 heavy (non-hydrogen) atoms. The fourth-order valence-electron chi connectivity index (χ4n) is 3.49. The third kappa shape index (κ3) is 3.68. The van der Waals surface area contributed by atoms with E-state index in [4.69, 9.17) is 4.42 Å². The lowest BCUT2D eigenvalue weighted by atomic mass is 9.97. The zero-order valence-corrected chi connectivity index (χ0v) is 18.4. The molecule has 0 aliphatic carbocycles. The van der Waals surface area contributed by atoms with E-state index >= 15 is 0 Å². The topological polar surface area (TPSA) is 64.3 Å². The third-order valence-electron chi connectivity index (χ3n) is 5.03. The molecule has 0 spiro atoms. The van der Waals surface area contributed by atoms with E-state index in [1.165, 1.54) is 18.4 Å². The first-order valence-electron chi connectivity index (χ1n) is 9.31. The van der Waals surface area contributed by atoms with E-state index in [-0.39, 0.29) is 10.3 Å². The van der Waals surface area contributed by atoms with Gasteiger partial charge in [-0.2, -0.15) is 0 Å². The van der Waals surface area contributed by atoms with Gasteiger partial charge in [-0.15, -0.1) is 11.8 Å². The minimum Gasteiger partial charge on any atom is -0.455 e. The summed E-state index contributed by atoms with van der Waals surface area (Å²) in [6.07, 6.45) is 3.18. The predicted molar refractivity (Wildman–Crippen MR) is 123 cm³/mol. The molecule has 0 saturated carbocycles. The number of hydrogen-bond acceptors (Lipinski definition) is 5. The highest BCUT2D eigenvalue weighted by Crippen LogP contribution is 2.34. The van der Waals surface area contributed by atoms with Crippen molar-refractivity contribution in [1.82, 2.24) is 0 Å². The van der Waals surface area contributed by atoms with Gasteiger partial charge in [0.15, 0.2) is 9.84 Å². The highest BCUT2D eigenvalue weighted by Gasteiger charge is 2.19. The molecule has 152 valence electrons. The van der Waals surface area contributed by atoms with E-state index in [9.17, 15) is 13.2 Å². The molecule has 4 aromatic rings. The zero-order chi connectivity index (χ0) is 21.5. The highest BCUT2D eigenvalue weighted by molar-refractivity contribution is 7.98. The second kappa shape index (κ2) is 7.78. The van der Waals surface area contributed by atoms with E-state index in [0.717, 1.165) is 16.0 Å². The Morgan fingerprint density at radius 1 is 0.900 bits per heavy atom. The number of fused-ring (bicyclic) bond motifs is 1. The molecule has 0 atom stereocenters. The summed E-state index contributed by atoms with van der Waals surface area (Å²) in [7, 11) is -3.31. The molecule has 0 amide bonds. The molecular weight excluding hydrogens is 416 g/mol. The van der Waals surface area contributed by atoms with Crippen LogP contribution in [0.15, 0.2) is 85.7 Å². The number of para-hydroxylation sites is 1. The average Bonchev–Trinajstić information content (AvgIpc) is 2.73. The maximum Gasteiger partial charge on any atom is 0.201 e. The second-order valence-electron chi connectivity index (χ2n) is 7.11. The summed E-state index contributed by atoms with van der Waals surface area (Å²) < 4.78 is 29.8. The van der Waals surface area contributed by atoms with Crippen LogP contribution in [-0.2, 0) is 9.84 Å². The van der Waals surface area contributed by atoms with E-state index < -0.39 is 9.84 Å². The number of hydrogen-bond donors (Lipinski definition) is 0. The molecule has 4 rings (SSSR count). The predicted octanol–water partition coefficient (Wildman–Crippen LogP) is 5.56. The number of aryl methyl sites for hydroxylation is 1. The molecule has 1 heterocycles. The Bertz CT molecular complexity index is 1420. The maximum absolute atomic E-state index is 13.5. The largest absolute Gasteiger partial charge is 0.455 e. The first-order valence-corrected chi connectivity index (χ1v) is 12.4. The Kier molecular flexibility index (Phi) is 5.30. The molecule has 6 heteroatoms. The monoisotopic (exact) mass is 436 g/mol. The van der Waals surface area contributed by atoms with Gasteiger partial charge in [-0.25, -0.2) is 8.42 Å². The molecule has 0 fully saturated rings. The van der Waals surface area contributed by atoms with Crippen LogP contribution in [0.4, 0.5) is 0 Å². The first-order chi connectivity index (χ1) is 14.3. The molecule has 0 saturated heterocycles. The maximum atomic E-state index is 13.5. The van der Waals surface area contributed by atoms with Gasteiger partial charge in [-0.3, -0.25) is 4.79 Å². The lowest BCUT2D eigenvalue weighted by Crippen LogP contribution is -2.07. The van der Waals surface area contributed by atoms with Crippen molar-refractivity contribution in [1.29, 1.82) is 0 Å². The van der Waals surface area contributed by atoms with Crippen molar-refractivity contribution in [3.63, 3.8) is 0 Å². The average molecular weight is 437 g/mol. The van der Waals surface area contributed by atoms with Gasteiger partial charge in [-0.1, -0.05) is 24.3 Å². The van der Waals surface area contributed by atoms with Gasteiger partial charge in [-0.05, 0) is 66.8 Å². The number of sulfone groups is 1. The first kappa shape index (κ1) is 20.4. The van der Waals surface area contributed by atoms with Crippen molar-refractivity contribution in [2.24, 2.45) is 0 Å². The summed E-state index contributed by atoms with van der Waals surface area (Å²) >= 11 is 1.65. The molecule has 0 N–H and O–H groups in total. The molecule has 3 aromatic carbocycles. The third-order valence-corrected chi connectivity index (χ3v) is 7.05. The summed E-state index contributed by atoms with van der Waals surface area (Å²) in [6, 6.07) is 19.5. The van der Waals surface area contributed by atoms with E-state index in [2.05, 4.69) is 0 Å². The number of thioether (sulfide) groups is 1. The SMILES string of the molecule is CSc1ccc(-c2c(-c3ccc(S(C)(=O)=O)cc3)oc3ccccc3c2=O)cc1C. The van der Waals surface area contributed by atoms with Crippen LogP contribution in [0.25, 0.3) is 33.4 Å². The molecule has 4 nitrogen and oxygen atoms in total. The van der Waals surface area contributed by atoms with Crippen molar-refractivity contribution in [3.05, 3.63) is 82.5 Å². The van der Waals surface area contributed by atoms with Crippen LogP contribution >= 0.6 is 11.8 Å². The van der Waals surface area contributed by atoms with Gasteiger partial charge < -0.3 is 4.42 Å². The van der Waals surface area contributed by atoms with E-state index in [1.807, 2.05) is 43.5 Å². The van der Waals surface area contributed by atoms with E-state index in [1.54, 1.807) is 36.0 Å². The smallest absolute Gasteiger partial charge is 0.201 e. The molecule has 1 aromatic heterocycles. The second-order valence-corrected chi connectivity index (χ2v) is 9.98. The summed E-state index contributed by atoms with van der Waals surface area (Å²) in [5.41, 5.74) is 3.34. The summed E-state index contributed by atoms with van der Waals surface area (Å²) in [4.78, 5) is 14.8. The van der Waals surface area contributed by atoms with Crippen LogP contribution in [0, 0.1) is 6.92 Å². The summed E-state index contributed by atoms with van der Waals surface area (Å²) in [5, 5.41) is 0.510. The van der Waals surface area contributed by atoms with Gasteiger partial charge in [0.05, 0.1) is 15.8 Å². The standard InChI is InChI=1S/C24H20O4S2/c1-15-14-17(10-13-21(15)29-2)22-23(25)19-6-4-5-7-20(19)28-24(22)16-8-11-18(12-9-16)30(3,26)27/h4-14H,1-3H3. The molecule has 0 bridgehead atoms. The van der Waals surface area contributed by atoms with Crippen LogP contribution in [0.1, 0.15) is 5.56 Å². The van der Waals surface area contributed by atoms with E-state index in [0.29, 0.717) is 27.9 Å². The Labute approximate surface area is 179 Å². The molecule has 0 aliphatic rings. The van der Waals surface area contributed by atoms with Gasteiger partial charge in [0, 0.05) is 16.7 Å². The lowest BCUT2D eigenvalue weighted by Gasteiger charge is -2.12. The van der Waals surface area contributed by atoms with Gasteiger partial charge >= 0.3 is 0 Å². The van der Waals surface area contributed by atoms with Crippen molar-refractivity contribution in [2.45, 2.75) is 16.7 Å². The minimum absolute atomic E-state index is 0.115. The Balaban J connectivity index is 2.02. The Hall–Kier alpha value is -2.83. The zero-order valence-electron chi connectivity index (χ0n) is 16.8. The van der Waals surface area contributed by atoms with Crippen molar-refractivity contribution in [2.75, 3.05) is 12.5 Å². The molecule has 0 aliphatic heterocycles. The van der Waals surface area contributed by atoms with Gasteiger partial charge in [0.1, 0.15) is 11.3 Å². The highest BCUT2D eigenvalue weighted by atomic mass is 32.2. The summed E-state index contributed by atoms with van der Waals surface area (Å²) in [6.45, 7) is 2.01. The minimum atomic E-state index is -3.31. The number of benzene rings is 3. The molecule has 0 unspecified atom stereocenters. The molecular formula is C24H20O4S2. The van der Waals surface area contributed by atoms with Crippen LogP contribution in [-0.4, -0.2) is 20.9 Å². The van der Waals surface area contributed by atoms with Crippen LogP contribution in [0.2, 0.25) is 0 Å². The van der Waals surface area contributed by atoms with Crippen molar-refractivity contribution < 1.29 is 12.8 Å². The Morgan fingerprint density at radius 2 is 1.57 bits per heavy atom. The fourth-order valence-corrected chi connectivity index (χ4v) is 4.71. The Morgan fingerprint density at radius 3 is 2.20 bits per heavy atom. The van der Waals surface area contributed by atoms with Gasteiger partial charge in [0.25, 0.3) is 0 Å². The lowest BCUT2D eigenvalue weighted by molar-refractivity contribution is 0.601. The van der Waals surface area contributed by atoms with Crippen molar-refractivity contribution in [3.8, 4) is 22.5 Å². The molecule has 0 radical (unpaired) electrons. The number of rotatable bonds is 4. The van der Waals surface area contributed by atoms with Crippen LogP contribution in [0.3, 0.4) is 0 Å². The normalized spacial score (nSPS) is 11.7. The quantitative estimate of drug-likeness (QED) is 0.392. The van der Waals surface area contributed by atoms with Crippen molar-refractivity contribution >= 4 is 32.6 Å². The van der Waals surface area contributed by atoms with Gasteiger partial charge in [0.2, 0.25) is 5.43 Å². The fraction of sp³-hybridized carbons (Fsp3) is 0.125. The van der Waals surface area contributed by atoms with Crippen LogP contribution < -0.4 is 5.43 Å². The summed E-state index contributed by atoms with van der Waals surface area (Å²) in [5.74, 6) is 0.426.